The zero-order valence-electron chi connectivity index (χ0n) is 18.1. The third kappa shape index (κ3) is 4.72. The molecular formula is C24H34N4O. The Labute approximate surface area is 174 Å². The maximum atomic E-state index is 13.4. The van der Waals surface area contributed by atoms with Crippen LogP contribution in [0.4, 0.5) is 0 Å². The van der Waals surface area contributed by atoms with Gasteiger partial charge in [-0.25, -0.2) is 0 Å². The highest BCUT2D eigenvalue weighted by atomic mass is 16.2. The average Bonchev–Trinajstić information content (AvgIpc) is 3.49. The number of nitrogens with zero attached hydrogens (tertiary/aromatic N) is 4. The Hall–Kier alpha value is -2.14. The molecule has 1 aromatic carbocycles. The number of aromatic nitrogens is 2. The minimum absolute atomic E-state index is 0.177. The molecular weight excluding hydrogens is 360 g/mol. The molecule has 2 aliphatic rings. The molecule has 0 spiro atoms. The van der Waals surface area contributed by atoms with Crippen LogP contribution in [0.15, 0.2) is 36.5 Å². The summed E-state index contributed by atoms with van der Waals surface area (Å²) in [5, 5.41) is 4.60. The lowest BCUT2D eigenvalue weighted by atomic mass is 10.1. The zero-order valence-corrected chi connectivity index (χ0v) is 18.1. The van der Waals surface area contributed by atoms with E-state index in [0.29, 0.717) is 17.9 Å². The summed E-state index contributed by atoms with van der Waals surface area (Å²) in [5.74, 6) is 1.23. The Morgan fingerprint density at radius 2 is 1.86 bits per heavy atom. The second-order valence-corrected chi connectivity index (χ2v) is 9.18. The predicted octanol–water partition coefficient (Wildman–Crippen LogP) is 4.15. The van der Waals surface area contributed by atoms with Gasteiger partial charge in [-0.15, -0.1) is 0 Å². The average molecular weight is 395 g/mol. The molecule has 0 bridgehead atoms. The Morgan fingerprint density at radius 1 is 1.10 bits per heavy atom. The van der Waals surface area contributed by atoms with Crippen LogP contribution in [-0.2, 0) is 13.1 Å². The maximum Gasteiger partial charge on any atom is 0.257 e. The van der Waals surface area contributed by atoms with Crippen molar-refractivity contribution in [2.45, 2.75) is 65.1 Å². The Balaban J connectivity index is 1.47. The quantitative estimate of drug-likeness (QED) is 0.739. The van der Waals surface area contributed by atoms with Crippen LogP contribution in [0.3, 0.4) is 0 Å². The van der Waals surface area contributed by atoms with Crippen LogP contribution >= 0.6 is 0 Å². The van der Waals surface area contributed by atoms with Gasteiger partial charge in [0, 0.05) is 44.7 Å². The van der Waals surface area contributed by atoms with E-state index in [1.807, 2.05) is 6.20 Å². The van der Waals surface area contributed by atoms with Gasteiger partial charge in [-0.2, -0.15) is 5.10 Å². The van der Waals surface area contributed by atoms with Gasteiger partial charge in [0.05, 0.1) is 17.5 Å². The van der Waals surface area contributed by atoms with E-state index in [1.165, 1.54) is 24.1 Å². The highest BCUT2D eigenvalue weighted by Gasteiger charge is 2.34. The number of carbonyl (C=O) groups is 1. The third-order valence-electron chi connectivity index (χ3n) is 6.23. The second-order valence-electron chi connectivity index (χ2n) is 9.18. The van der Waals surface area contributed by atoms with Gasteiger partial charge in [0.2, 0.25) is 0 Å². The molecule has 156 valence electrons. The van der Waals surface area contributed by atoms with Crippen LogP contribution < -0.4 is 0 Å². The molecule has 1 aromatic heterocycles. The molecule has 29 heavy (non-hydrogen) atoms. The molecule has 2 fully saturated rings. The summed E-state index contributed by atoms with van der Waals surface area (Å²) < 4.78 is 2.09. The molecule has 5 heteroatoms. The molecule has 1 amide bonds. The predicted molar refractivity (Wildman–Crippen MR) is 116 cm³/mol. The first kappa shape index (κ1) is 20.1. The molecule has 5 nitrogen and oxygen atoms in total. The van der Waals surface area contributed by atoms with Crippen LogP contribution in [0.1, 0.15) is 67.6 Å². The standard InChI is InChI=1S/C24H34N4O/c1-18(2)16-28-23(21-9-10-21)22(15-25-28)24(29)26-12-11-19(3)27(14-13-26)17-20-7-5-4-6-8-20/h4-8,15,18-19,21H,9-14,16-17H2,1-3H3. The summed E-state index contributed by atoms with van der Waals surface area (Å²) in [5.41, 5.74) is 3.37. The lowest BCUT2D eigenvalue weighted by Crippen LogP contribution is -2.36. The minimum Gasteiger partial charge on any atom is -0.337 e. The monoisotopic (exact) mass is 394 g/mol. The van der Waals surface area contributed by atoms with Gasteiger partial charge < -0.3 is 4.90 Å². The normalized spacial score (nSPS) is 20.8. The molecule has 1 atom stereocenters. The highest BCUT2D eigenvalue weighted by Crippen LogP contribution is 2.42. The summed E-state index contributed by atoms with van der Waals surface area (Å²) in [6, 6.07) is 11.1. The maximum absolute atomic E-state index is 13.4. The zero-order chi connectivity index (χ0) is 20.4. The van der Waals surface area contributed by atoms with Gasteiger partial charge in [-0.1, -0.05) is 44.2 Å². The molecule has 1 aliphatic carbocycles. The van der Waals surface area contributed by atoms with E-state index in [2.05, 4.69) is 70.7 Å². The fourth-order valence-corrected chi connectivity index (χ4v) is 4.37. The van der Waals surface area contributed by atoms with Gasteiger partial charge >= 0.3 is 0 Å². The molecule has 1 aliphatic heterocycles. The molecule has 2 aromatic rings. The molecule has 1 unspecified atom stereocenters. The summed E-state index contributed by atoms with van der Waals surface area (Å²) in [6.07, 6.45) is 5.21. The molecule has 2 heterocycles. The van der Waals surface area contributed by atoms with Crippen molar-refractivity contribution >= 4 is 5.91 Å². The smallest absolute Gasteiger partial charge is 0.257 e. The van der Waals surface area contributed by atoms with Crippen LogP contribution in [0, 0.1) is 5.92 Å². The SMILES string of the molecule is CC(C)Cn1ncc(C(=O)N2CCC(C)N(Cc3ccccc3)CC2)c1C1CC1. The number of hydrogen-bond donors (Lipinski definition) is 0. The van der Waals surface area contributed by atoms with Gasteiger partial charge in [0.25, 0.3) is 5.91 Å². The van der Waals surface area contributed by atoms with E-state index < -0.39 is 0 Å². The summed E-state index contributed by atoms with van der Waals surface area (Å²) in [7, 11) is 0. The molecule has 0 N–H and O–H groups in total. The van der Waals surface area contributed by atoms with Crippen molar-refractivity contribution < 1.29 is 4.79 Å². The first-order valence-corrected chi connectivity index (χ1v) is 11.2. The molecule has 1 saturated carbocycles. The first-order valence-electron chi connectivity index (χ1n) is 11.2. The van der Waals surface area contributed by atoms with Gasteiger partial charge in [0.15, 0.2) is 0 Å². The van der Waals surface area contributed by atoms with E-state index in [4.69, 9.17) is 0 Å². The van der Waals surface area contributed by atoms with E-state index >= 15 is 0 Å². The fraction of sp³-hybridized carbons (Fsp3) is 0.583. The highest BCUT2D eigenvalue weighted by molar-refractivity contribution is 5.95. The number of rotatable bonds is 6. The van der Waals surface area contributed by atoms with Crippen LogP contribution in [0.25, 0.3) is 0 Å². The number of amides is 1. The van der Waals surface area contributed by atoms with Crippen LogP contribution in [0.2, 0.25) is 0 Å². The van der Waals surface area contributed by atoms with Crippen molar-refractivity contribution in [2.75, 3.05) is 19.6 Å². The first-order chi connectivity index (χ1) is 14.0. The van der Waals surface area contributed by atoms with E-state index in [1.54, 1.807) is 0 Å². The minimum atomic E-state index is 0.177. The summed E-state index contributed by atoms with van der Waals surface area (Å²) in [4.78, 5) is 18.0. The topological polar surface area (TPSA) is 41.4 Å². The van der Waals surface area contributed by atoms with Crippen molar-refractivity contribution in [2.24, 2.45) is 5.92 Å². The summed E-state index contributed by atoms with van der Waals surface area (Å²) in [6.45, 7) is 11.1. The van der Waals surface area contributed by atoms with Crippen LogP contribution in [0.5, 0.6) is 0 Å². The molecule has 0 radical (unpaired) electrons. The molecule has 1 saturated heterocycles. The number of benzene rings is 1. The Morgan fingerprint density at radius 3 is 2.55 bits per heavy atom. The van der Waals surface area contributed by atoms with Crippen molar-refractivity contribution in [3.8, 4) is 0 Å². The molecule has 4 rings (SSSR count). The Bertz CT molecular complexity index is 825. The van der Waals surface area contributed by atoms with Crippen molar-refractivity contribution in [3.05, 3.63) is 53.3 Å². The lowest BCUT2D eigenvalue weighted by Gasteiger charge is -2.26. The number of hydrogen-bond acceptors (Lipinski definition) is 3. The van der Waals surface area contributed by atoms with E-state index in [-0.39, 0.29) is 5.91 Å². The Kier molecular flexibility index (Phi) is 6.04. The lowest BCUT2D eigenvalue weighted by molar-refractivity contribution is 0.0759. The third-order valence-corrected chi connectivity index (χ3v) is 6.23. The van der Waals surface area contributed by atoms with Crippen LogP contribution in [-0.4, -0.2) is 51.2 Å². The number of carbonyl (C=O) groups excluding carboxylic acids is 1. The second kappa shape index (κ2) is 8.70. The van der Waals surface area contributed by atoms with Crippen molar-refractivity contribution in [1.29, 1.82) is 0 Å². The van der Waals surface area contributed by atoms with Gasteiger partial charge in [-0.3, -0.25) is 14.4 Å². The van der Waals surface area contributed by atoms with E-state index in [9.17, 15) is 4.79 Å². The van der Waals surface area contributed by atoms with Crippen molar-refractivity contribution in [3.63, 3.8) is 0 Å². The van der Waals surface area contributed by atoms with Crippen molar-refractivity contribution in [1.82, 2.24) is 19.6 Å². The summed E-state index contributed by atoms with van der Waals surface area (Å²) >= 11 is 0. The van der Waals surface area contributed by atoms with Gasteiger partial charge in [-0.05, 0) is 37.7 Å². The largest absolute Gasteiger partial charge is 0.337 e. The van der Waals surface area contributed by atoms with E-state index in [0.717, 1.165) is 44.7 Å². The van der Waals surface area contributed by atoms with Gasteiger partial charge in [0.1, 0.15) is 0 Å². The fourth-order valence-electron chi connectivity index (χ4n) is 4.37.